The van der Waals surface area contributed by atoms with E-state index in [1.54, 1.807) is 25.1 Å². The molecule has 1 unspecified atom stereocenters. The Morgan fingerprint density at radius 2 is 2.19 bits per heavy atom. The lowest BCUT2D eigenvalue weighted by Gasteiger charge is -1.99. The summed E-state index contributed by atoms with van der Waals surface area (Å²) < 4.78 is 19.3. The number of nitrogens with zero attached hydrogens (tertiary/aromatic N) is 2. The SMILES string of the molecule is CC(Cl)c1nnc(-c2cccc(Br)c2F)o1. The number of rotatable bonds is 2. The van der Waals surface area contributed by atoms with Gasteiger partial charge in [0.05, 0.1) is 10.0 Å². The fourth-order valence-electron chi connectivity index (χ4n) is 1.17. The first-order valence-electron chi connectivity index (χ1n) is 4.51. The van der Waals surface area contributed by atoms with Gasteiger partial charge in [-0.2, -0.15) is 0 Å². The van der Waals surface area contributed by atoms with Crippen molar-refractivity contribution in [3.05, 3.63) is 34.4 Å². The molecule has 0 saturated carbocycles. The monoisotopic (exact) mass is 304 g/mol. The fourth-order valence-corrected chi connectivity index (χ4v) is 1.63. The number of hydrogen-bond acceptors (Lipinski definition) is 3. The number of aromatic nitrogens is 2. The Kier molecular flexibility index (Phi) is 3.25. The normalized spacial score (nSPS) is 12.8. The van der Waals surface area contributed by atoms with Crippen LogP contribution >= 0.6 is 27.5 Å². The molecule has 3 nitrogen and oxygen atoms in total. The Morgan fingerprint density at radius 1 is 1.44 bits per heavy atom. The molecule has 84 valence electrons. The third-order valence-electron chi connectivity index (χ3n) is 1.96. The minimum absolute atomic E-state index is 0.126. The van der Waals surface area contributed by atoms with Crippen molar-refractivity contribution in [2.24, 2.45) is 0 Å². The molecule has 1 heterocycles. The minimum Gasteiger partial charge on any atom is -0.419 e. The number of alkyl halides is 1. The first-order chi connectivity index (χ1) is 7.59. The van der Waals surface area contributed by atoms with Crippen LogP contribution in [-0.2, 0) is 0 Å². The van der Waals surface area contributed by atoms with Crippen LogP contribution in [0.1, 0.15) is 18.2 Å². The van der Waals surface area contributed by atoms with Crippen molar-refractivity contribution < 1.29 is 8.81 Å². The van der Waals surface area contributed by atoms with Gasteiger partial charge in [-0.3, -0.25) is 0 Å². The average Bonchev–Trinajstić information content (AvgIpc) is 2.71. The molecule has 0 fully saturated rings. The molecule has 0 N–H and O–H groups in total. The van der Waals surface area contributed by atoms with Crippen molar-refractivity contribution in [3.8, 4) is 11.5 Å². The lowest BCUT2D eigenvalue weighted by atomic mass is 10.2. The van der Waals surface area contributed by atoms with Crippen LogP contribution < -0.4 is 0 Å². The smallest absolute Gasteiger partial charge is 0.250 e. The van der Waals surface area contributed by atoms with Gasteiger partial charge in [0.2, 0.25) is 5.89 Å². The van der Waals surface area contributed by atoms with Crippen LogP contribution in [0.2, 0.25) is 0 Å². The zero-order valence-corrected chi connectivity index (χ0v) is 10.6. The lowest BCUT2D eigenvalue weighted by molar-refractivity contribution is 0.502. The molecule has 0 amide bonds. The van der Waals surface area contributed by atoms with Gasteiger partial charge in [-0.1, -0.05) is 6.07 Å². The van der Waals surface area contributed by atoms with E-state index in [1.165, 1.54) is 0 Å². The second-order valence-corrected chi connectivity index (χ2v) is 4.67. The Labute approximate surface area is 105 Å². The van der Waals surface area contributed by atoms with Crippen LogP contribution in [0, 0.1) is 5.82 Å². The largest absolute Gasteiger partial charge is 0.419 e. The summed E-state index contributed by atoms with van der Waals surface area (Å²) in [4.78, 5) is 0. The summed E-state index contributed by atoms with van der Waals surface area (Å²) in [6.45, 7) is 1.70. The van der Waals surface area contributed by atoms with Gasteiger partial charge >= 0.3 is 0 Å². The van der Waals surface area contributed by atoms with E-state index in [-0.39, 0.29) is 17.3 Å². The van der Waals surface area contributed by atoms with E-state index in [2.05, 4.69) is 26.1 Å². The molecule has 2 rings (SSSR count). The Hall–Kier alpha value is -0.940. The second-order valence-electron chi connectivity index (χ2n) is 3.16. The Balaban J connectivity index is 2.47. The number of halogens is 3. The van der Waals surface area contributed by atoms with Crippen molar-refractivity contribution >= 4 is 27.5 Å². The van der Waals surface area contributed by atoms with Gasteiger partial charge in [0.15, 0.2) is 0 Å². The predicted octanol–water partition coefficient (Wildman–Crippen LogP) is 3.94. The first kappa shape index (κ1) is 11.5. The van der Waals surface area contributed by atoms with E-state index >= 15 is 0 Å². The van der Waals surface area contributed by atoms with E-state index in [0.29, 0.717) is 4.47 Å². The third-order valence-corrected chi connectivity index (χ3v) is 2.76. The van der Waals surface area contributed by atoms with Gasteiger partial charge in [-0.15, -0.1) is 21.8 Å². The fraction of sp³-hybridized carbons (Fsp3) is 0.200. The van der Waals surface area contributed by atoms with Gasteiger partial charge in [0.1, 0.15) is 11.2 Å². The maximum atomic E-state index is 13.7. The summed E-state index contributed by atoms with van der Waals surface area (Å²) in [6.07, 6.45) is 0. The molecular weight excluding hydrogens is 298 g/mol. The van der Waals surface area contributed by atoms with E-state index in [4.69, 9.17) is 16.0 Å². The van der Waals surface area contributed by atoms with Gasteiger partial charge in [0, 0.05) is 0 Å². The van der Waals surface area contributed by atoms with Gasteiger partial charge in [-0.25, -0.2) is 4.39 Å². The molecular formula is C10H7BrClFN2O. The third kappa shape index (κ3) is 2.10. The molecule has 16 heavy (non-hydrogen) atoms. The maximum absolute atomic E-state index is 13.7. The summed E-state index contributed by atoms with van der Waals surface area (Å²) in [5.74, 6) is -0.0303. The Morgan fingerprint density at radius 3 is 2.81 bits per heavy atom. The van der Waals surface area contributed by atoms with E-state index < -0.39 is 11.2 Å². The van der Waals surface area contributed by atoms with Crippen LogP contribution in [0.5, 0.6) is 0 Å². The summed E-state index contributed by atoms with van der Waals surface area (Å²) >= 11 is 8.86. The zero-order chi connectivity index (χ0) is 11.7. The highest BCUT2D eigenvalue weighted by Crippen LogP contribution is 2.28. The molecule has 1 aromatic carbocycles. The summed E-state index contributed by atoms with van der Waals surface area (Å²) in [6, 6.07) is 4.85. The lowest BCUT2D eigenvalue weighted by Crippen LogP contribution is -1.85. The molecule has 0 aliphatic carbocycles. The molecule has 1 atom stereocenters. The molecule has 0 aliphatic rings. The van der Waals surface area contributed by atoms with Crippen molar-refractivity contribution in [1.29, 1.82) is 0 Å². The molecule has 2 aromatic rings. The highest BCUT2D eigenvalue weighted by atomic mass is 79.9. The zero-order valence-electron chi connectivity index (χ0n) is 8.25. The Bertz CT molecular complexity index is 515. The van der Waals surface area contributed by atoms with E-state index in [9.17, 15) is 4.39 Å². The van der Waals surface area contributed by atoms with Crippen LogP contribution in [0.15, 0.2) is 27.1 Å². The minimum atomic E-state index is -0.431. The van der Waals surface area contributed by atoms with Crippen molar-refractivity contribution in [1.82, 2.24) is 10.2 Å². The summed E-state index contributed by atoms with van der Waals surface area (Å²) in [7, 11) is 0. The van der Waals surface area contributed by atoms with E-state index in [0.717, 1.165) is 0 Å². The highest BCUT2D eigenvalue weighted by Gasteiger charge is 2.16. The van der Waals surface area contributed by atoms with Crippen LogP contribution in [-0.4, -0.2) is 10.2 Å². The molecule has 1 aromatic heterocycles. The summed E-state index contributed by atoms with van der Waals surface area (Å²) in [5, 5.41) is 7.09. The van der Waals surface area contributed by atoms with Crippen LogP contribution in [0.4, 0.5) is 4.39 Å². The molecule has 0 radical (unpaired) electrons. The van der Waals surface area contributed by atoms with E-state index in [1.807, 2.05) is 0 Å². The van der Waals surface area contributed by atoms with Crippen molar-refractivity contribution in [2.75, 3.05) is 0 Å². The highest BCUT2D eigenvalue weighted by molar-refractivity contribution is 9.10. The predicted molar refractivity (Wildman–Crippen MR) is 61.7 cm³/mol. The molecule has 0 aliphatic heterocycles. The van der Waals surface area contributed by atoms with Crippen molar-refractivity contribution in [2.45, 2.75) is 12.3 Å². The van der Waals surface area contributed by atoms with Crippen molar-refractivity contribution in [3.63, 3.8) is 0 Å². The maximum Gasteiger partial charge on any atom is 0.250 e. The number of benzene rings is 1. The quantitative estimate of drug-likeness (QED) is 0.789. The molecule has 0 bridgehead atoms. The average molecular weight is 306 g/mol. The van der Waals surface area contributed by atoms with Crippen LogP contribution in [0.25, 0.3) is 11.5 Å². The molecule has 6 heteroatoms. The number of hydrogen-bond donors (Lipinski definition) is 0. The second kappa shape index (κ2) is 4.51. The van der Waals surface area contributed by atoms with Gasteiger partial charge in [-0.05, 0) is 35.0 Å². The standard InChI is InChI=1S/C10H7BrClFN2O/c1-5(12)9-14-15-10(16-9)6-3-2-4-7(11)8(6)13/h2-5H,1H3. The van der Waals surface area contributed by atoms with Gasteiger partial charge < -0.3 is 4.42 Å². The summed E-state index contributed by atoms with van der Waals surface area (Å²) in [5.41, 5.74) is 0.255. The molecule has 0 spiro atoms. The topological polar surface area (TPSA) is 38.9 Å². The first-order valence-corrected chi connectivity index (χ1v) is 5.74. The van der Waals surface area contributed by atoms with Crippen LogP contribution in [0.3, 0.4) is 0 Å². The molecule has 0 saturated heterocycles. The van der Waals surface area contributed by atoms with Gasteiger partial charge in [0.25, 0.3) is 5.89 Å².